The molecule has 1 N–H and O–H groups in total. The topological polar surface area (TPSA) is 75.7 Å². The molecular weight excluding hydrogens is 388 g/mol. The van der Waals surface area contributed by atoms with Gasteiger partial charge in [0.2, 0.25) is 15.9 Å². The molecule has 0 aliphatic carbocycles. The van der Waals surface area contributed by atoms with Crippen LogP contribution < -0.4 is 14.4 Å². The second-order valence-corrected chi connectivity index (χ2v) is 9.00. The maximum atomic E-state index is 12.3. The van der Waals surface area contributed by atoms with Crippen molar-refractivity contribution in [2.75, 3.05) is 30.3 Å². The lowest BCUT2D eigenvalue weighted by Crippen LogP contribution is -2.41. The van der Waals surface area contributed by atoms with Crippen LogP contribution in [-0.2, 0) is 21.2 Å². The Balaban J connectivity index is 1.88. The number of sulfonamides is 1. The number of ether oxygens (including phenoxy) is 1. The third-order valence-electron chi connectivity index (χ3n) is 4.51. The summed E-state index contributed by atoms with van der Waals surface area (Å²) in [6, 6.07) is 13.4. The molecule has 0 spiro atoms. The maximum absolute atomic E-state index is 12.3. The van der Waals surface area contributed by atoms with E-state index in [1.54, 1.807) is 6.07 Å². The van der Waals surface area contributed by atoms with Crippen molar-refractivity contribution in [3.05, 3.63) is 59.2 Å². The summed E-state index contributed by atoms with van der Waals surface area (Å²) in [5.41, 5.74) is 3.55. The summed E-state index contributed by atoms with van der Waals surface area (Å²) in [6.07, 6.45) is 2.70. The number of aryl methyl sites for hydroxylation is 3. The predicted octanol–water partition coefficient (Wildman–Crippen LogP) is 3.22. The molecule has 0 unspecified atom stereocenters. The van der Waals surface area contributed by atoms with Crippen molar-refractivity contribution < 1.29 is 17.9 Å². The van der Waals surface area contributed by atoms with Crippen LogP contribution in [0, 0.1) is 13.8 Å². The van der Waals surface area contributed by atoms with E-state index in [-0.39, 0.29) is 12.5 Å². The van der Waals surface area contributed by atoms with Crippen molar-refractivity contribution in [1.29, 1.82) is 0 Å². The van der Waals surface area contributed by atoms with Crippen LogP contribution in [0.4, 0.5) is 5.69 Å². The third-order valence-corrected chi connectivity index (χ3v) is 5.63. The lowest BCUT2D eigenvalue weighted by molar-refractivity contribution is -0.119. The zero-order chi connectivity index (χ0) is 21.4. The molecule has 0 aromatic heterocycles. The fraction of sp³-hybridized carbons (Fsp3) is 0.409. The summed E-state index contributed by atoms with van der Waals surface area (Å²) in [7, 11) is -3.57. The average molecular weight is 419 g/mol. The number of benzene rings is 2. The highest BCUT2D eigenvalue weighted by atomic mass is 32.2. The van der Waals surface area contributed by atoms with E-state index in [4.69, 9.17) is 4.74 Å². The van der Waals surface area contributed by atoms with E-state index < -0.39 is 10.0 Å². The minimum absolute atomic E-state index is 0.230. The van der Waals surface area contributed by atoms with Crippen LogP contribution in [0.15, 0.2) is 42.5 Å². The van der Waals surface area contributed by atoms with Gasteiger partial charge in [0.25, 0.3) is 0 Å². The predicted molar refractivity (Wildman–Crippen MR) is 117 cm³/mol. The Hall–Kier alpha value is -2.54. The van der Waals surface area contributed by atoms with Crippen molar-refractivity contribution in [2.45, 2.75) is 33.6 Å². The average Bonchev–Trinajstić information content (AvgIpc) is 2.64. The van der Waals surface area contributed by atoms with Crippen LogP contribution >= 0.6 is 0 Å². The second kappa shape index (κ2) is 10.3. The van der Waals surface area contributed by atoms with E-state index in [1.165, 1.54) is 0 Å². The fourth-order valence-electron chi connectivity index (χ4n) is 3.09. The maximum Gasteiger partial charge on any atom is 0.240 e. The zero-order valence-electron chi connectivity index (χ0n) is 17.6. The summed E-state index contributed by atoms with van der Waals surface area (Å²) >= 11 is 0. The molecule has 2 aromatic carbocycles. The smallest absolute Gasteiger partial charge is 0.240 e. The molecule has 0 bridgehead atoms. The largest absolute Gasteiger partial charge is 0.494 e. The van der Waals surface area contributed by atoms with E-state index in [0.717, 1.165) is 45.8 Å². The number of nitrogens with one attached hydrogen (secondary N) is 1. The van der Waals surface area contributed by atoms with Crippen LogP contribution in [0.2, 0.25) is 0 Å². The molecule has 0 atom stereocenters. The molecule has 0 heterocycles. The quantitative estimate of drug-likeness (QED) is 0.601. The molecule has 158 valence electrons. The van der Waals surface area contributed by atoms with E-state index in [9.17, 15) is 13.2 Å². The summed E-state index contributed by atoms with van der Waals surface area (Å²) in [5.74, 6) is 0.527. The molecule has 2 rings (SSSR count). The van der Waals surface area contributed by atoms with Gasteiger partial charge in [0.15, 0.2) is 0 Å². The molecule has 1 amide bonds. The molecule has 0 saturated heterocycles. The van der Waals surface area contributed by atoms with Gasteiger partial charge in [0, 0.05) is 6.54 Å². The highest BCUT2D eigenvalue weighted by Crippen LogP contribution is 2.23. The highest BCUT2D eigenvalue weighted by molar-refractivity contribution is 7.92. The van der Waals surface area contributed by atoms with Gasteiger partial charge in [-0.2, -0.15) is 0 Å². The number of hydrogen-bond acceptors (Lipinski definition) is 4. The first-order chi connectivity index (χ1) is 13.7. The third kappa shape index (κ3) is 7.09. The Morgan fingerprint density at radius 2 is 1.79 bits per heavy atom. The first-order valence-corrected chi connectivity index (χ1v) is 11.6. The normalized spacial score (nSPS) is 11.2. The van der Waals surface area contributed by atoms with Gasteiger partial charge in [-0.15, -0.1) is 0 Å². The van der Waals surface area contributed by atoms with Crippen molar-refractivity contribution in [1.82, 2.24) is 5.32 Å². The van der Waals surface area contributed by atoms with Gasteiger partial charge in [-0.3, -0.25) is 9.10 Å². The van der Waals surface area contributed by atoms with Crippen molar-refractivity contribution >= 4 is 21.6 Å². The number of hydrogen-bond donors (Lipinski definition) is 1. The minimum Gasteiger partial charge on any atom is -0.494 e. The molecule has 0 aliphatic heterocycles. The molecule has 0 radical (unpaired) electrons. The zero-order valence-corrected chi connectivity index (χ0v) is 18.4. The Kier molecular flexibility index (Phi) is 8.08. The summed E-state index contributed by atoms with van der Waals surface area (Å²) in [6.45, 7) is 6.62. The van der Waals surface area contributed by atoms with Crippen molar-refractivity contribution in [3.63, 3.8) is 0 Å². The lowest BCUT2D eigenvalue weighted by atomic mass is 10.1. The van der Waals surface area contributed by atoms with E-state index in [0.29, 0.717) is 18.8 Å². The molecule has 0 fully saturated rings. The number of anilines is 1. The van der Waals surface area contributed by atoms with Gasteiger partial charge < -0.3 is 10.1 Å². The van der Waals surface area contributed by atoms with Crippen LogP contribution in [-0.4, -0.2) is 40.3 Å². The highest BCUT2D eigenvalue weighted by Gasteiger charge is 2.22. The summed E-state index contributed by atoms with van der Waals surface area (Å²) in [4.78, 5) is 12.3. The van der Waals surface area contributed by atoms with Crippen molar-refractivity contribution in [2.24, 2.45) is 0 Å². The van der Waals surface area contributed by atoms with Crippen LogP contribution in [0.3, 0.4) is 0 Å². The molecule has 2 aromatic rings. The van der Waals surface area contributed by atoms with E-state index >= 15 is 0 Å². The summed E-state index contributed by atoms with van der Waals surface area (Å²) in [5, 5.41) is 2.82. The van der Waals surface area contributed by atoms with Gasteiger partial charge in [-0.1, -0.05) is 29.8 Å². The number of carbonyl (C=O) groups excluding carboxylic acids is 1. The monoisotopic (exact) mass is 418 g/mol. The van der Waals surface area contributed by atoms with Gasteiger partial charge in [-0.25, -0.2) is 8.42 Å². The Labute approximate surface area is 173 Å². The Bertz CT molecular complexity index is 924. The van der Waals surface area contributed by atoms with Crippen LogP contribution in [0.1, 0.15) is 30.0 Å². The molecule has 0 aliphatic rings. The molecule has 6 nitrogen and oxygen atoms in total. The number of nitrogens with zero attached hydrogens (tertiary/aromatic N) is 1. The standard InChI is InChI=1S/C22H30N2O4S/c1-5-28-20-11-9-19(10-12-20)7-6-14-23-22(25)16-24(29(4,26)27)21-13-8-17(2)15-18(21)3/h8-13,15H,5-7,14,16H2,1-4H3,(H,23,25). The molecular formula is C22H30N2O4S. The first-order valence-electron chi connectivity index (χ1n) is 9.74. The van der Waals surface area contributed by atoms with E-state index in [2.05, 4.69) is 5.32 Å². The van der Waals surface area contributed by atoms with Gasteiger partial charge >= 0.3 is 0 Å². The first kappa shape index (κ1) is 22.7. The van der Waals surface area contributed by atoms with Crippen LogP contribution in [0.5, 0.6) is 5.75 Å². The Morgan fingerprint density at radius 1 is 1.10 bits per heavy atom. The Morgan fingerprint density at radius 3 is 2.38 bits per heavy atom. The molecule has 0 saturated carbocycles. The fourth-order valence-corrected chi connectivity index (χ4v) is 4.01. The van der Waals surface area contributed by atoms with Gasteiger partial charge in [0.1, 0.15) is 12.3 Å². The molecule has 7 heteroatoms. The second-order valence-electron chi connectivity index (χ2n) is 7.09. The van der Waals surface area contributed by atoms with Crippen molar-refractivity contribution in [3.8, 4) is 5.75 Å². The molecule has 29 heavy (non-hydrogen) atoms. The van der Waals surface area contributed by atoms with E-state index in [1.807, 2.05) is 57.2 Å². The van der Waals surface area contributed by atoms with Crippen LogP contribution in [0.25, 0.3) is 0 Å². The number of amides is 1. The number of rotatable bonds is 10. The lowest BCUT2D eigenvalue weighted by Gasteiger charge is -2.24. The minimum atomic E-state index is -3.57. The summed E-state index contributed by atoms with van der Waals surface area (Å²) < 4.78 is 31.0. The number of carbonyl (C=O) groups is 1. The van der Waals surface area contributed by atoms with Gasteiger partial charge in [0.05, 0.1) is 18.6 Å². The van der Waals surface area contributed by atoms with Gasteiger partial charge in [-0.05, 0) is 62.9 Å². The SMILES string of the molecule is CCOc1ccc(CCCNC(=O)CN(c2ccc(C)cc2C)S(C)(=O)=O)cc1.